The maximum absolute atomic E-state index is 14.2. The lowest BCUT2D eigenvalue weighted by Crippen LogP contribution is -2.59. The number of anilines is 1. The van der Waals surface area contributed by atoms with Gasteiger partial charge in [-0.25, -0.2) is 0 Å². The van der Waals surface area contributed by atoms with Crippen LogP contribution in [0, 0.1) is 17.8 Å². The number of fused-ring (bicyclic) bond motifs is 1. The van der Waals surface area contributed by atoms with E-state index in [0.29, 0.717) is 24.9 Å². The number of nitrogens with zero attached hydrogens (tertiary/aromatic N) is 1. The summed E-state index contributed by atoms with van der Waals surface area (Å²) in [7, 11) is 0. The first kappa shape index (κ1) is 26.6. The molecule has 3 aliphatic rings. The van der Waals surface area contributed by atoms with Crippen LogP contribution in [0.25, 0.3) is 0 Å². The van der Waals surface area contributed by atoms with E-state index in [9.17, 15) is 19.5 Å². The molecule has 3 N–H and O–H groups in total. The van der Waals surface area contributed by atoms with Gasteiger partial charge in [0.15, 0.2) is 0 Å². The lowest BCUT2D eigenvalue weighted by atomic mass is 9.66. The van der Waals surface area contributed by atoms with Crippen molar-refractivity contribution < 1.29 is 24.2 Å². The molecular formula is C28H41N3O5. The Bertz CT molecular complexity index is 985. The third kappa shape index (κ3) is 4.43. The first-order valence-corrected chi connectivity index (χ1v) is 13.4. The molecular weight excluding hydrogens is 458 g/mol. The summed E-state index contributed by atoms with van der Waals surface area (Å²) in [6.07, 6.45) is 3.40. The zero-order valence-electron chi connectivity index (χ0n) is 22.1. The molecule has 3 fully saturated rings. The normalized spacial score (nSPS) is 32.5. The molecule has 0 aliphatic carbocycles. The van der Waals surface area contributed by atoms with Crippen molar-refractivity contribution in [2.75, 3.05) is 11.9 Å². The van der Waals surface area contributed by atoms with Crippen LogP contribution in [0.2, 0.25) is 0 Å². The molecule has 0 aromatic heterocycles. The second-order valence-electron chi connectivity index (χ2n) is 11.5. The minimum Gasteiger partial charge on any atom is -0.394 e. The Labute approximate surface area is 214 Å². The van der Waals surface area contributed by atoms with Crippen LogP contribution in [0.1, 0.15) is 66.7 Å². The molecule has 36 heavy (non-hydrogen) atoms. The maximum Gasteiger partial charge on any atom is 0.246 e. The highest BCUT2D eigenvalue weighted by Crippen LogP contribution is 2.63. The topological polar surface area (TPSA) is 108 Å². The number of carbonyl (C=O) groups excluding carboxylic acids is 3. The Balaban J connectivity index is 1.73. The van der Waals surface area contributed by atoms with Crippen LogP contribution in [0.4, 0.5) is 5.69 Å². The van der Waals surface area contributed by atoms with Gasteiger partial charge < -0.3 is 25.4 Å². The molecule has 0 radical (unpaired) electrons. The van der Waals surface area contributed by atoms with Crippen molar-refractivity contribution in [2.24, 2.45) is 17.8 Å². The molecule has 2 bridgehead atoms. The summed E-state index contributed by atoms with van der Waals surface area (Å²) in [5, 5.41) is 16.4. The SMILES string of the molecule is CCCC(C)NC(=O)C1N([C@@H](CO)CC(C)C)C(=O)[C@@H]2[C@H](C(=O)Nc3ccccc3)[C@]3(C)CCC12O3. The van der Waals surface area contributed by atoms with E-state index in [1.165, 1.54) is 0 Å². The molecule has 3 heterocycles. The number of likely N-dealkylation sites (tertiary alicyclic amines) is 1. The molecule has 8 nitrogen and oxygen atoms in total. The Morgan fingerprint density at radius 2 is 1.86 bits per heavy atom. The Morgan fingerprint density at radius 3 is 2.47 bits per heavy atom. The lowest BCUT2D eigenvalue weighted by Gasteiger charge is -2.38. The van der Waals surface area contributed by atoms with Gasteiger partial charge in [0.05, 0.1) is 30.1 Å². The molecule has 198 valence electrons. The highest BCUT2D eigenvalue weighted by Gasteiger charge is 2.78. The van der Waals surface area contributed by atoms with Crippen molar-refractivity contribution in [3.63, 3.8) is 0 Å². The van der Waals surface area contributed by atoms with Crippen molar-refractivity contribution in [1.29, 1.82) is 0 Å². The zero-order chi connectivity index (χ0) is 26.3. The summed E-state index contributed by atoms with van der Waals surface area (Å²) in [4.78, 5) is 43.2. The van der Waals surface area contributed by atoms with Gasteiger partial charge in [-0.3, -0.25) is 14.4 Å². The molecule has 3 saturated heterocycles. The number of hydrogen-bond donors (Lipinski definition) is 3. The predicted molar refractivity (Wildman–Crippen MR) is 137 cm³/mol. The number of aliphatic hydroxyl groups is 1. The Hall–Kier alpha value is -2.45. The standard InChI is InChI=1S/C28H41N3O5/c1-6-10-18(4)29-25(34)23-28-14-13-27(5,36-28)21(24(33)30-19-11-8-7-9-12-19)22(28)26(35)31(23)20(16-32)15-17(2)3/h7-9,11-12,17-18,20-23,32H,6,10,13-16H2,1-5H3,(H,29,34)(H,30,33)/t18?,20-,21-,22+,23?,27+,28?/m1/s1. The van der Waals surface area contributed by atoms with E-state index in [-0.39, 0.29) is 36.3 Å². The van der Waals surface area contributed by atoms with Gasteiger partial charge >= 0.3 is 0 Å². The molecule has 0 saturated carbocycles. The summed E-state index contributed by atoms with van der Waals surface area (Å²) in [6, 6.07) is 7.70. The summed E-state index contributed by atoms with van der Waals surface area (Å²) >= 11 is 0. The molecule has 8 heteroatoms. The van der Waals surface area contributed by atoms with Crippen LogP contribution in [0.3, 0.4) is 0 Å². The van der Waals surface area contributed by atoms with Crippen LogP contribution in [0.5, 0.6) is 0 Å². The van der Waals surface area contributed by atoms with Gasteiger partial charge in [-0.05, 0) is 57.6 Å². The number of benzene rings is 1. The second kappa shape index (κ2) is 10.1. The molecule has 1 aromatic rings. The van der Waals surface area contributed by atoms with Crippen molar-refractivity contribution in [2.45, 2.75) is 96.1 Å². The van der Waals surface area contributed by atoms with Gasteiger partial charge in [-0.1, -0.05) is 45.4 Å². The van der Waals surface area contributed by atoms with E-state index in [2.05, 4.69) is 17.6 Å². The Morgan fingerprint density at radius 1 is 1.17 bits per heavy atom. The highest BCUT2D eigenvalue weighted by molar-refractivity contribution is 6.02. The second-order valence-corrected chi connectivity index (χ2v) is 11.5. The third-order valence-corrected chi connectivity index (χ3v) is 8.24. The smallest absolute Gasteiger partial charge is 0.246 e. The maximum atomic E-state index is 14.2. The number of ether oxygens (including phenoxy) is 1. The molecule has 1 aromatic carbocycles. The van der Waals surface area contributed by atoms with Gasteiger partial charge in [-0.2, -0.15) is 0 Å². The number of hydrogen-bond acceptors (Lipinski definition) is 5. The quantitative estimate of drug-likeness (QED) is 0.459. The molecule has 3 unspecified atom stereocenters. The average molecular weight is 500 g/mol. The van der Waals surface area contributed by atoms with Gasteiger partial charge in [0.2, 0.25) is 17.7 Å². The predicted octanol–water partition coefficient (Wildman–Crippen LogP) is 3.10. The first-order chi connectivity index (χ1) is 17.1. The number of carbonyl (C=O) groups is 3. The van der Waals surface area contributed by atoms with Gasteiger partial charge in [0, 0.05) is 11.7 Å². The number of amides is 3. The fraction of sp³-hybridized carbons (Fsp3) is 0.679. The molecule has 4 rings (SSSR count). The monoisotopic (exact) mass is 499 g/mol. The van der Waals surface area contributed by atoms with Crippen molar-refractivity contribution in [1.82, 2.24) is 10.2 Å². The largest absolute Gasteiger partial charge is 0.394 e. The fourth-order valence-electron chi connectivity index (χ4n) is 6.85. The summed E-state index contributed by atoms with van der Waals surface area (Å²) in [5.41, 5.74) is -1.28. The molecule has 7 atom stereocenters. The summed E-state index contributed by atoms with van der Waals surface area (Å²) < 4.78 is 6.65. The number of aliphatic hydroxyl groups excluding tert-OH is 1. The zero-order valence-corrected chi connectivity index (χ0v) is 22.1. The number of nitrogens with one attached hydrogen (secondary N) is 2. The van der Waals surface area contributed by atoms with Crippen LogP contribution >= 0.6 is 0 Å². The molecule has 1 spiro atoms. The van der Waals surface area contributed by atoms with E-state index in [0.717, 1.165) is 12.8 Å². The fourth-order valence-corrected chi connectivity index (χ4v) is 6.85. The van der Waals surface area contributed by atoms with Crippen LogP contribution in [-0.4, -0.2) is 63.7 Å². The van der Waals surface area contributed by atoms with Crippen LogP contribution < -0.4 is 10.6 Å². The minimum absolute atomic E-state index is 0.0565. The van der Waals surface area contributed by atoms with Crippen molar-refractivity contribution in [3.05, 3.63) is 30.3 Å². The first-order valence-electron chi connectivity index (χ1n) is 13.4. The summed E-state index contributed by atoms with van der Waals surface area (Å²) in [5.74, 6) is -2.10. The van der Waals surface area contributed by atoms with E-state index in [1.54, 1.807) is 4.90 Å². The minimum atomic E-state index is -1.09. The third-order valence-electron chi connectivity index (χ3n) is 8.24. The molecule has 3 amide bonds. The van der Waals surface area contributed by atoms with Gasteiger partial charge in [0.25, 0.3) is 0 Å². The molecule has 3 aliphatic heterocycles. The van der Waals surface area contributed by atoms with E-state index >= 15 is 0 Å². The van der Waals surface area contributed by atoms with Gasteiger partial charge in [-0.15, -0.1) is 0 Å². The lowest BCUT2D eigenvalue weighted by molar-refractivity contribution is -0.149. The van der Waals surface area contributed by atoms with Crippen LogP contribution in [-0.2, 0) is 19.1 Å². The summed E-state index contributed by atoms with van der Waals surface area (Å²) in [6.45, 7) is 9.71. The Kier molecular flexibility index (Phi) is 7.49. The van der Waals surface area contributed by atoms with Crippen molar-refractivity contribution in [3.8, 4) is 0 Å². The van der Waals surface area contributed by atoms with E-state index in [4.69, 9.17) is 4.74 Å². The van der Waals surface area contributed by atoms with Gasteiger partial charge in [0.1, 0.15) is 11.6 Å². The average Bonchev–Trinajstić information content (AvgIpc) is 3.39. The van der Waals surface area contributed by atoms with Crippen LogP contribution in [0.15, 0.2) is 30.3 Å². The number of para-hydroxylation sites is 1. The van der Waals surface area contributed by atoms with E-state index in [1.807, 2.05) is 58.0 Å². The van der Waals surface area contributed by atoms with E-state index < -0.39 is 35.1 Å². The highest BCUT2D eigenvalue weighted by atomic mass is 16.5. The van der Waals surface area contributed by atoms with Crippen molar-refractivity contribution >= 4 is 23.4 Å². The number of rotatable bonds is 10.